The van der Waals surface area contributed by atoms with Gasteiger partial charge >= 0.3 is 5.97 Å². The molecule has 120 valence electrons. The molecular formula is C18H19FN2O2. The van der Waals surface area contributed by atoms with E-state index in [9.17, 15) is 9.18 Å². The lowest BCUT2D eigenvalue weighted by atomic mass is 9.93. The number of likely N-dealkylation sites (tertiary alicyclic amines) is 1. The maximum absolute atomic E-state index is 13.2. The topological polar surface area (TPSA) is 53.4 Å². The third-order valence-corrected chi connectivity index (χ3v) is 4.40. The monoisotopic (exact) mass is 314 g/mol. The fourth-order valence-electron chi connectivity index (χ4n) is 3.16. The van der Waals surface area contributed by atoms with Gasteiger partial charge in [-0.2, -0.15) is 0 Å². The maximum atomic E-state index is 13.2. The summed E-state index contributed by atoms with van der Waals surface area (Å²) in [5.41, 5.74) is 1.87. The molecule has 23 heavy (non-hydrogen) atoms. The van der Waals surface area contributed by atoms with Crippen LogP contribution in [0.4, 0.5) is 4.39 Å². The molecule has 0 bridgehead atoms. The fraction of sp³-hybridized carbons (Fsp3) is 0.333. The van der Waals surface area contributed by atoms with Crippen molar-refractivity contribution in [3.8, 4) is 0 Å². The average Bonchev–Trinajstić information content (AvgIpc) is 2.58. The van der Waals surface area contributed by atoms with E-state index in [-0.39, 0.29) is 17.8 Å². The number of rotatable bonds is 4. The van der Waals surface area contributed by atoms with Gasteiger partial charge in [-0.15, -0.1) is 0 Å². The third-order valence-electron chi connectivity index (χ3n) is 4.40. The molecule has 1 unspecified atom stereocenters. The molecule has 5 heteroatoms. The molecule has 1 aliphatic heterocycles. The maximum Gasteiger partial charge on any atom is 0.306 e. The fourth-order valence-corrected chi connectivity index (χ4v) is 3.16. The molecule has 0 spiro atoms. The van der Waals surface area contributed by atoms with E-state index in [0.717, 1.165) is 11.3 Å². The van der Waals surface area contributed by atoms with Crippen LogP contribution in [0.2, 0.25) is 0 Å². The molecule has 4 nitrogen and oxygen atoms in total. The first-order chi connectivity index (χ1) is 11.1. The van der Waals surface area contributed by atoms with Gasteiger partial charge < -0.3 is 5.11 Å². The Kier molecular flexibility index (Phi) is 4.67. The molecule has 1 N–H and O–H groups in total. The standard InChI is InChI=1S/C18H19FN2O2/c19-15-6-4-13(5-7-15)17(16-3-1-2-10-20-16)21-11-8-14(9-12-21)18(22)23/h1-7,10,14,17H,8-9,11-12H2,(H,22,23). The van der Waals surface area contributed by atoms with Crippen LogP contribution < -0.4 is 0 Å². The number of carboxylic acids is 1. The van der Waals surface area contributed by atoms with Gasteiger partial charge in [-0.25, -0.2) is 4.39 Å². The van der Waals surface area contributed by atoms with Gasteiger partial charge in [-0.1, -0.05) is 18.2 Å². The summed E-state index contributed by atoms with van der Waals surface area (Å²) >= 11 is 0. The summed E-state index contributed by atoms with van der Waals surface area (Å²) < 4.78 is 13.2. The summed E-state index contributed by atoms with van der Waals surface area (Å²) in [6, 6.07) is 12.1. The minimum absolute atomic E-state index is 0.0773. The van der Waals surface area contributed by atoms with Crippen molar-refractivity contribution in [1.29, 1.82) is 0 Å². The smallest absolute Gasteiger partial charge is 0.306 e. The van der Waals surface area contributed by atoms with Crippen LogP contribution in [0.15, 0.2) is 48.7 Å². The summed E-state index contributed by atoms with van der Waals surface area (Å²) in [6.45, 7) is 1.38. The second-order valence-corrected chi connectivity index (χ2v) is 5.86. The highest BCUT2D eigenvalue weighted by Crippen LogP contribution is 2.31. The molecule has 1 aromatic heterocycles. The van der Waals surface area contributed by atoms with Gasteiger partial charge in [0.2, 0.25) is 0 Å². The van der Waals surface area contributed by atoms with E-state index >= 15 is 0 Å². The number of halogens is 1. The number of nitrogens with zero attached hydrogens (tertiary/aromatic N) is 2. The highest BCUT2D eigenvalue weighted by atomic mass is 19.1. The number of aromatic nitrogens is 1. The van der Waals surface area contributed by atoms with Crippen molar-refractivity contribution in [2.24, 2.45) is 5.92 Å². The molecule has 0 radical (unpaired) electrons. The lowest BCUT2D eigenvalue weighted by Crippen LogP contribution is -2.39. The Morgan fingerprint density at radius 1 is 1.17 bits per heavy atom. The van der Waals surface area contributed by atoms with E-state index in [0.29, 0.717) is 25.9 Å². The molecule has 0 amide bonds. The first-order valence-electron chi connectivity index (χ1n) is 7.78. The second kappa shape index (κ2) is 6.87. The zero-order valence-electron chi connectivity index (χ0n) is 12.7. The number of pyridine rings is 1. The van der Waals surface area contributed by atoms with Crippen LogP contribution in [0.25, 0.3) is 0 Å². The van der Waals surface area contributed by atoms with Gasteiger partial charge in [0.25, 0.3) is 0 Å². The van der Waals surface area contributed by atoms with Gasteiger partial charge in [0.05, 0.1) is 17.7 Å². The van der Waals surface area contributed by atoms with Crippen molar-refractivity contribution < 1.29 is 14.3 Å². The van der Waals surface area contributed by atoms with E-state index in [1.165, 1.54) is 12.1 Å². The first-order valence-corrected chi connectivity index (χ1v) is 7.78. The zero-order chi connectivity index (χ0) is 16.2. The normalized spacial score (nSPS) is 17.8. The van der Waals surface area contributed by atoms with Crippen molar-refractivity contribution in [3.63, 3.8) is 0 Å². The second-order valence-electron chi connectivity index (χ2n) is 5.86. The van der Waals surface area contributed by atoms with Crippen molar-refractivity contribution >= 4 is 5.97 Å². The molecule has 0 aliphatic carbocycles. The first kappa shape index (κ1) is 15.6. The Bertz CT molecular complexity index is 652. The molecule has 1 aliphatic rings. The number of hydrogen-bond acceptors (Lipinski definition) is 3. The predicted octanol–water partition coefficient (Wildman–Crippen LogP) is 3.11. The molecule has 3 rings (SSSR count). The van der Waals surface area contributed by atoms with Crippen LogP contribution in [0.3, 0.4) is 0 Å². The summed E-state index contributed by atoms with van der Waals surface area (Å²) in [7, 11) is 0. The van der Waals surface area contributed by atoms with Crippen LogP contribution >= 0.6 is 0 Å². The molecule has 1 aromatic carbocycles. The Hall–Kier alpha value is -2.27. The van der Waals surface area contributed by atoms with E-state index in [1.807, 2.05) is 18.2 Å². The summed E-state index contributed by atoms with van der Waals surface area (Å²) in [6.07, 6.45) is 3.00. The van der Waals surface area contributed by atoms with Crippen molar-refractivity contribution in [2.75, 3.05) is 13.1 Å². The van der Waals surface area contributed by atoms with Gasteiger partial charge in [0.1, 0.15) is 5.82 Å². The molecular weight excluding hydrogens is 295 g/mol. The molecule has 2 heterocycles. The highest BCUT2D eigenvalue weighted by molar-refractivity contribution is 5.70. The van der Waals surface area contributed by atoms with Gasteiger partial charge in [-0.05, 0) is 55.8 Å². The quantitative estimate of drug-likeness (QED) is 0.942. The average molecular weight is 314 g/mol. The van der Waals surface area contributed by atoms with Crippen LogP contribution in [0, 0.1) is 11.7 Å². The number of benzene rings is 1. The van der Waals surface area contributed by atoms with E-state index in [2.05, 4.69) is 9.88 Å². The molecule has 1 saturated heterocycles. The number of piperidine rings is 1. The largest absolute Gasteiger partial charge is 0.481 e. The highest BCUT2D eigenvalue weighted by Gasteiger charge is 2.30. The van der Waals surface area contributed by atoms with E-state index < -0.39 is 5.97 Å². The van der Waals surface area contributed by atoms with E-state index in [4.69, 9.17) is 5.11 Å². The van der Waals surface area contributed by atoms with Gasteiger partial charge in [0.15, 0.2) is 0 Å². The minimum atomic E-state index is -0.721. The number of hydrogen-bond donors (Lipinski definition) is 1. The third kappa shape index (κ3) is 3.56. The Balaban J connectivity index is 1.87. The molecule has 1 atom stereocenters. The SMILES string of the molecule is O=C(O)C1CCN(C(c2ccc(F)cc2)c2ccccn2)CC1. The van der Waals surface area contributed by atoms with Crippen molar-refractivity contribution in [2.45, 2.75) is 18.9 Å². The van der Waals surface area contributed by atoms with Gasteiger partial charge in [0, 0.05) is 6.20 Å². The minimum Gasteiger partial charge on any atom is -0.481 e. The van der Waals surface area contributed by atoms with E-state index in [1.54, 1.807) is 18.3 Å². The van der Waals surface area contributed by atoms with Crippen molar-refractivity contribution in [3.05, 3.63) is 65.7 Å². The predicted molar refractivity (Wildman–Crippen MR) is 84.4 cm³/mol. The lowest BCUT2D eigenvalue weighted by molar-refractivity contribution is -0.143. The Morgan fingerprint density at radius 3 is 2.43 bits per heavy atom. The zero-order valence-corrected chi connectivity index (χ0v) is 12.7. The Morgan fingerprint density at radius 2 is 1.87 bits per heavy atom. The number of carboxylic acid groups (broad SMARTS) is 1. The van der Waals surface area contributed by atoms with Crippen LogP contribution in [0.1, 0.15) is 30.1 Å². The van der Waals surface area contributed by atoms with Crippen LogP contribution in [0.5, 0.6) is 0 Å². The molecule has 2 aromatic rings. The number of carbonyl (C=O) groups is 1. The van der Waals surface area contributed by atoms with Crippen LogP contribution in [-0.2, 0) is 4.79 Å². The Labute approximate surface area is 134 Å². The summed E-state index contributed by atoms with van der Waals surface area (Å²) in [5, 5.41) is 9.16. The molecule has 0 saturated carbocycles. The number of aliphatic carboxylic acids is 1. The van der Waals surface area contributed by atoms with Crippen molar-refractivity contribution in [1.82, 2.24) is 9.88 Å². The molecule has 1 fully saturated rings. The summed E-state index contributed by atoms with van der Waals surface area (Å²) in [5.74, 6) is -1.26. The van der Waals surface area contributed by atoms with Gasteiger partial charge in [-0.3, -0.25) is 14.7 Å². The summed E-state index contributed by atoms with van der Waals surface area (Å²) in [4.78, 5) is 17.8. The van der Waals surface area contributed by atoms with Crippen LogP contribution in [-0.4, -0.2) is 34.0 Å². The lowest BCUT2D eigenvalue weighted by Gasteiger charge is -2.36.